The number of hydrogen-bond acceptors (Lipinski definition) is 4. The Bertz CT molecular complexity index is 543. The van der Waals surface area contributed by atoms with Gasteiger partial charge in [-0.25, -0.2) is 0 Å². The molecule has 1 unspecified atom stereocenters. The van der Waals surface area contributed by atoms with Gasteiger partial charge in [-0.3, -0.25) is 9.69 Å². The van der Waals surface area contributed by atoms with Crippen molar-refractivity contribution in [2.45, 2.75) is 32.5 Å². The minimum Gasteiger partial charge on any atom is -0.435 e. The molecule has 23 heavy (non-hydrogen) atoms. The van der Waals surface area contributed by atoms with Crippen molar-refractivity contribution in [2.24, 2.45) is 0 Å². The number of nitrogens with zero attached hydrogens (tertiary/aromatic N) is 3. The monoisotopic (exact) mass is 325 g/mol. The van der Waals surface area contributed by atoms with E-state index in [1.165, 1.54) is 17.0 Å². The van der Waals surface area contributed by atoms with E-state index in [0.717, 1.165) is 5.56 Å². The van der Waals surface area contributed by atoms with Crippen molar-refractivity contribution in [2.75, 3.05) is 20.6 Å². The number of carbonyl (C=O) groups is 1. The second-order valence-electron chi connectivity index (χ2n) is 5.28. The third-order valence-corrected chi connectivity index (χ3v) is 3.53. The molecule has 1 atom stereocenters. The van der Waals surface area contributed by atoms with E-state index in [1.54, 1.807) is 26.1 Å². The highest BCUT2D eigenvalue weighted by molar-refractivity contribution is 5.81. The number of hydrogen-bond donors (Lipinski definition) is 0. The third kappa shape index (κ3) is 6.20. The van der Waals surface area contributed by atoms with Gasteiger partial charge in [0.2, 0.25) is 5.91 Å². The first-order valence-corrected chi connectivity index (χ1v) is 7.21. The maximum absolute atomic E-state index is 12.2. The summed E-state index contributed by atoms with van der Waals surface area (Å²) in [6, 6.07) is 7.97. The average molecular weight is 325 g/mol. The van der Waals surface area contributed by atoms with Crippen molar-refractivity contribution in [3.63, 3.8) is 0 Å². The van der Waals surface area contributed by atoms with E-state index in [2.05, 4.69) is 4.74 Å². The van der Waals surface area contributed by atoms with Crippen molar-refractivity contribution >= 4 is 5.91 Å². The number of benzene rings is 1. The molecule has 0 saturated heterocycles. The lowest BCUT2D eigenvalue weighted by Crippen LogP contribution is -2.44. The minimum atomic E-state index is -2.84. The van der Waals surface area contributed by atoms with E-state index < -0.39 is 6.61 Å². The molecule has 0 bridgehead atoms. The summed E-state index contributed by atoms with van der Waals surface area (Å²) in [6.45, 7) is -0.161. The van der Waals surface area contributed by atoms with Crippen molar-refractivity contribution in [3.05, 3.63) is 29.8 Å². The number of ether oxygens (including phenoxy) is 1. The molecule has 1 rings (SSSR count). The van der Waals surface area contributed by atoms with E-state index in [9.17, 15) is 13.6 Å². The van der Waals surface area contributed by atoms with Gasteiger partial charge in [0.1, 0.15) is 5.75 Å². The van der Waals surface area contributed by atoms with Gasteiger partial charge in [0, 0.05) is 20.1 Å². The van der Waals surface area contributed by atoms with Crippen LogP contribution in [0.25, 0.3) is 0 Å². The summed E-state index contributed by atoms with van der Waals surface area (Å²) in [4.78, 5) is 15.6. The Labute approximate surface area is 135 Å². The fourth-order valence-corrected chi connectivity index (χ4v) is 2.04. The van der Waals surface area contributed by atoms with Crippen molar-refractivity contribution in [1.82, 2.24) is 9.80 Å². The van der Waals surface area contributed by atoms with Crippen LogP contribution in [0.1, 0.15) is 18.9 Å². The van der Waals surface area contributed by atoms with Gasteiger partial charge in [-0.2, -0.15) is 14.0 Å². The Hall–Kier alpha value is -2.20. The minimum absolute atomic E-state index is 0.0691. The Morgan fingerprint density at radius 1 is 1.30 bits per heavy atom. The van der Waals surface area contributed by atoms with Crippen LogP contribution >= 0.6 is 0 Å². The molecule has 1 aromatic carbocycles. The van der Waals surface area contributed by atoms with Gasteiger partial charge in [0.25, 0.3) is 0 Å². The predicted octanol–water partition coefficient (Wildman–Crippen LogP) is 2.48. The number of nitriles is 1. The number of halogens is 2. The summed E-state index contributed by atoms with van der Waals surface area (Å²) in [5.74, 6) is 0.0344. The van der Waals surface area contributed by atoms with Crippen LogP contribution in [0.3, 0.4) is 0 Å². The molecule has 0 aliphatic carbocycles. The van der Waals surface area contributed by atoms with Crippen LogP contribution in [-0.4, -0.2) is 49.0 Å². The van der Waals surface area contributed by atoms with Crippen molar-refractivity contribution in [3.8, 4) is 11.8 Å². The highest BCUT2D eigenvalue weighted by atomic mass is 19.3. The molecule has 0 aliphatic heterocycles. The summed E-state index contributed by atoms with van der Waals surface area (Å²) in [7, 11) is 3.48. The molecule has 0 fully saturated rings. The molecule has 0 aliphatic rings. The van der Waals surface area contributed by atoms with E-state index in [4.69, 9.17) is 5.26 Å². The molecule has 1 aromatic rings. The van der Waals surface area contributed by atoms with Crippen molar-refractivity contribution in [1.29, 1.82) is 5.26 Å². The molecule has 0 saturated carbocycles. The Morgan fingerprint density at radius 3 is 2.43 bits per heavy atom. The molecule has 1 amide bonds. The maximum Gasteiger partial charge on any atom is 0.387 e. The fraction of sp³-hybridized carbons (Fsp3) is 0.500. The van der Waals surface area contributed by atoms with E-state index in [1.807, 2.05) is 18.0 Å². The van der Waals surface area contributed by atoms with Gasteiger partial charge < -0.3 is 9.64 Å². The summed E-state index contributed by atoms with van der Waals surface area (Å²) in [5.41, 5.74) is 0.883. The van der Waals surface area contributed by atoms with Crippen LogP contribution in [0, 0.1) is 11.3 Å². The molecule has 0 aromatic heterocycles. The zero-order valence-electron chi connectivity index (χ0n) is 13.5. The zero-order chi connectivity index (χ0) is 17.4. The molecule has 5 nitrogen and oxygen atoms in total. The largest absolute Gasteiger partial charge is 0.435 e. The molecule has 0 radical (unpaired) electrons. The van der Waals surface area contributed by atoms with E-state index in [-0.39, 0.29) is 17.7 Å². The predicted molar refractivity (Wildman–Crippen MR) is 81.9 cm³/mol. The lowest BCUT2D eigenvalue weighted by Gasteiger charge is -2.28. The topological polar surface area (TPSA) is 56.6 Å². The van der Waals surface area contributed by atoms with Crippen LogP contribution in [0.15, 0.2) is 24.3 Å². The molecule has 0 N–H and O–H groups in total. The van der Waals surface area contributed by atoms with E-state index >= 15 is 0 Å². The maximum atomic E-state index is 12.2. The fourth-order valence-electron chi connectivity index (χ4n) is 2.04. The number of carbonyl (C=O) groups excluding carboxylic acids is 1. The van der Waals surface area contributed by atoms with Gasteiger partial charge in [-0.15, -0.1) is 0 Å². The smallest absolute Gasteiger partial charge is 0.387 e. The lowest BCUT2D eigenvalue weighted by molar-refractivity contribution is -0.134. The second kappa shape index (κ2) is 9.06. The first-order chi connectivity index (χ1) is 10.8. The standard InChI is InChI=1S/C16H21F2N3O2/c1-12(15(22)20(2)10-4-9-19)21(3)11-13-5-7-14(8-6-13)23-16(17)18/h5-8,12,16H,4,10-11H2,1-3H3. The Balaban J connectivity index is 2.59. The highest BCUT2D eigenvalue weighted by Gasteiger charge is 2.21. The molecular weight excluding hydrogens is 304 g/mol. The van der Waals surface area contributed by atoms with Gasteiger partial charge in [-0.05, 0) is 31.7 Å². The number of rotatable bonds is 8. The van der Waals surface area contributed by atoms with Gasteiger partial charge in [-0.1, -0.05) is 12.1 Å². The lowest BCUT2D eigenvalue weighted by atomic mass is 10.1. The van der Waals surface area contributed by atoms with Crippen LogP contribution in [-0.2, 0) is 11.3 Å². The number of likely N-dealkylation sites (N-methyl/N-ethyl adjacent to an activating group) is 2. The van der Waals surface area contributed by atoms with Crippen LogP contribution < -0.4 is 4.74 Å². The first-order valence-electron chi connectivity index (χ1n) is 7.21. The third-order valence-electron chi connectivity index (χ3n) is 3.53. The summed E-state index contributed by atoms with van der Waals surface area (Å²) in [5, 5.41) is 8.56. The number of amides is 1. The Kier molecular flexibility index (Phi) is 7.42. The number of alkyl halides is 2. The normalized spacial score (nSPS) is 12.1. The molecule has 126 valence electrons. The zero-order valence-corrected chi connectivity index (χ0v) is 13.5. The highest BCUT2D eigenvalue weighted by Crippen LogP contribution is 2.16. The van der Waals surface area contributed by atoms with E-state index in [0.29, 0.717) is 19.5 Å². The summed E-state index contributed by atoms with van der Waals surface area (Å²) in [6.07, 6.45) is 0.296. The van der Waals surface area contributed by atoms with Gasteiger partial charge >= 0.3 is 6.61 Å². The average Bonchev–Trinajstić information content (AvgIpc) is 2.52. The molecule has 0 heterocycles. The second-order valence-corrected chi connectivity index (χ2v) is 5.28. The molecule has 7 heteroatoms. The first kappa shape index (κ1) is 18.8. The van der Waals surface area contributed by atoms with Crippen molar-refractivity contribution < 1.29 is 18.3 Å². The SMILES string of the molecule is CC(C(=O)N(C)CCC#N)N(C)Cc1ccc(OC(F)F)cc1. The van der Waals surface area contributed by atoms with Crippen LogP contribution in [0.4, 0.5) is 8.78 Å². The van der Waals surface area contributed by atoms with Crippen LogP contribution in [0.5, 0.6) is 5.75 Å². The summed E-state index contributed by atoms with van der Waals surface area (Å²) >= 11 is 0. The Morgan fingerprint density at radius 2 is 1.91 bits per heavy atom. The van der Waals surface area contributed by atoms with Crippen LogP contribution in [0.2, 0.25) is 0 Å². The van der Waals surface area contributed by atoms with Gasteiger partial charge in [0.15, 0.2) is 0 Å². The summed E-state index contributed by atoms with van der Waals surface area (Å²) < 4.78 is 28.5. The van der Waals surface area contributed by atoms with Gasteiger partial charge in [0.05, 0.1) is 18.5 Å². The molecular formula is C16H21F2N3O2. The quantitative estimate of drug-likeness (QED) is 0.737. The molecule has 0 spiro atoms.